The molecule has 0 saturated carbocycles. The number of benzene rings is 1. The number of carbonyl (C=O) groups is 4. The van der Waals surface area contributed by atoms with Crippen molar-refractivity contribution in [2.75, 3.05) is 26.8 Å². The Morgan fingerprint density at radius 3 is 2.42 bits per heavy atom. The van der Waals surface area contributed by atoms with E-state index in [4.69, 9.17) is 4.74 Å². The summed E-state index contributed by atoms with van der Waals surface area (Å²) in [5, 5.41) is 14.6. The molecule has 0 radical (unpaired) electrons. The SMILES string of the molecule is C=CCN(C(=O)C(CO)NC(=O)OC(C)(C)C)C(C(=O)NCC(=O)OC)c1cccc(C)c1. The molecule has 0 fully saturated rings. The van der Waals surface area contributed by atoms with Crippen molar-refractivity contribution < 1.29 is 33.8 Å². The monoisotopic (exact) mass is 463 g/mol. The number of hydrogen-bond acceptors (Lipinski definition) is 7. The number of methoxy groups -OCH3 is 1. The molecule has 10 nitrogen and oxygen atoms in total. The summed E-state index contributed by atoms with van der Waals surface area (Å²) in [7, 11) is 1.19. The Kier molecular flexibility index (Phi) is 10.5. The van der Waals surface area contributed by atoms with Crippen LogP contribution in [-0.4, -0.2) is 72.3 Å². The Bertz CT molecular complexity index is 864. The highest BCUT2D eigenvalue weighted by Gasteiger charge is 2.35. The molecule has 2 unspecified atom stereocenters. The van der Waals surface area contributed by atoms with Crippen molar-refractivity contribution in [2.24, 2.45) is 0 Å². The summed E-state index contributed by atoms with van der Waals surface area (Å²) < 4.78 is 9.72. The largest absolute Gasteiger partial charge is 0.468 e. The zero-order valence-corrected chi connectivity index (χ0v) is 19.7. The van der Waals surface area contributed by atoms with E-state index in [1.54, 1.807) is 39.0 Å². The van der Waals surface area contributed by atoms with E-state index in [-0.39, 0.29) is 6.54 Å². The summed E-state index contributed by atoms with van der Waals surface area (Å²) in [5.74, 6) is -2.04. The smallest absolute Gasteiger partial charge is 0.408 e. The van der Waals surface area contributed by atoms with Crippen molar-refractivity contribution in [1.29, 1.82) is 0 Å². The van der Waals surface area contributed by atoms with E-state index >= 15 is 0 Å². The van der Waals surface area contributed by atoms with Gasteiger partial charge in [0, 0.05) is 6.54 Å². The highest BCUT2D eigenvalue weighted by atomic mass is 16.6. The van der Waals surface area contributed by atoms with Gasteiger partial charge in [0.25, 0.3) is 0 Å². The van der Waals surface area contributed by atoms with Crippen LogP contribution in [-0.2, 0) is 23.9 Å². The number of ether oxygens (including phenoxy) is 2. The van der Waals surface area contributed by atoms with Crippen molar-refractivity contribution in [3.63, 3.8) is 0 Å². The Hall–Kier alpha value is -3.40. The van der Waals surface area contributed by atoms with E-state index in [1.807, 2.05) is 13.0 Å². The van der Waals surface area contributed by atoms with Gasteiger partial charge in [-0.15, -0.1) is 6.58 Å². The minimum absolute atomic E-state index is 0.0738. The maximum absolute atomic E-state index is 13.3. The molecule has 1 aromatic carbocycles. The molecule has 0 heterocycles. The zero-order chi connectivity index (χ0) is 25.2. The third-order valence-corrected chi connectivity index (χ3v) is 4.33. The first-order valence-electron chi connectivity index (χ1n) is 10.4. The quantitative estimate of drug-likeness (QED) is 0.351. The summed E-state index contributed by atoms with van der Waals surface area (Å²) in [5.41, 5.74) is 0.502. The predicted molar refractivity (Wildman–Crippen MR) is 121 cm³/mol. The molecular formula is C23H33N3O7. The van der Waals surface area contributed by atoms with E-state index in [9.17, 15) is 24.3 Å². The van der Waals surface area contributed by atoms with E-state index in [0.717, 1.165) is 10.5 Å². The fourth-order valence-electron chi connectivity index (χ4n) is 2.94. The minimum Gasteiger partial charge on any atom is -0.468 e. The Labute approximate surface area is 193 Å². The van der Waals surface area contributed by atoms with Crippen LogP contribution >= 0.6 is 0 Å². The van der Waals surface area contributed by atoms with Gasteiger partial charge in [-0.2, -0.15) is 0 Å². The average Bonchev–Trinajstić information content (AvgIpc) is 2.73. The maximum Gasteiger partial charge on any atom is 0.408 e. The van der Waals surface area contributed by atoms with Gasteiger partial charge in [0.05, 0.1) is 13.7 Å². The van der Waals surface area contributed by atoms with E-state index in [0.29, 0.717) is 5.56 Å². The van der Waals surface area contributed by atoms with Gasteiger partial charge in [0.15, 0.2) is 0 Å². The number of nitrogens with zero attached hydrogens (tertiary/aromatic N) is 1. The second-order valence-corrected chi connectivity index (χ2v) is 8.27. The number of esters is 1. The molecule has 182 valence electrons. The van der Waals surface area contributed by atoms with Gasteiger partial charge in [-0.1, -0.05) is 35.9 Å². The predicted octanol–water partition coefficient (Wildman–Crippen LogP) is 1.23. The number of aryl methyl sites for hydroxylation is 1. The first-order chi connectivity index (χ1) is 15.4. The summed E-state index contributed by atoms with van der Waals surface area (Å²) in [6, 6.07) is 4.39. The van der Waals surface area contributed by atoms with Crippen LogP contribution in [0, 0.1) is 6.92 Å². The van der Waals surface area contributed by atoms with Crippen molar-refractivity contribution in [2.45, 2.75) is 45.4 Å². The molecule has 0 bridgehead atoms. The molecule has 2 atom stereocenters. The van der Waals surface area contributed by atoms with Crippen molar-refractivity contribution >= 4 is 23.9 Å². The summed E-state index contributed by atoms with van der Waals surface area (Å²) >= 11 is 0. The molecule has 33 heavy (non-hydrogen) atoms. The van der Waals surface area contributed by atoms with Gasteiger partial charge >= 0.3 is 12.1 Å². The number of nitrogens with one attached hydrogen (secondary N) is 2. The van der Waals surface area contributed by atoms with Crippen molar-refractivity contribution in [3.8, 4) is 0 Å². The molecule has 0 aromatic heterocycles. The number of amides is 3. The third-order valence-electron chi connectivity index (χ3n) is 4.33. The molecule has 10 heteroatoms. The number of aliphatic hydroxyl groups is 1. The van der Waals surface area contributed by atoms with Crippen LogP contribution in [0.1, 0.15) is 37.9 Å². The van der Waals surface area contributed by atoms with Crippen LogP contribution in [0.25, 0.3) is 0 Å². The fourth-order valence-corrected chi connectivity index (χ4v) is 2.94. The second kappa shape index (κ2) is 12.6. The van der Waals surface area contributed by atoms with Gasteiger partial charge in [-0.05, 0) is 33.3 Å². The first kappa shape index (κ1) is 27.6. The first-order valence-corrected chi connectivity index (χ1v) is 10.4. The molecule has 0 aliphatic carbocycles. The van der Waals surface area contributed by atoms with E-state index in [2.05, 4.69) is 21.9 Å². The van der Waals surface area contributed by atoms with Crippen LogP contribution in [0.5, 0.6) is 0 Å². The molecule has 0 aliphatic rings. The topological polar surface area (TPSA) is 134 Å². The van der Waals surface area contributed by atoms with Gasteiger partial charge in [0.2, 0.25) is 11.8 Å². The highest BCUT2D eigenvalue weighted by molar-refractivity contribution is 5.93. The zero-order valence-electron chi connectivity index (χ0n) is 19.7. The number of aliphatic hydroxyl groups excluding tert-OH is 1. The molecule has 0 aliphatic heterocycles. The molecule has 1 aromatic rings. The third kappa shape index (κ3) is 8.93. The lowest BCUT2D eigenvalue weighted by Gasteiger charge is -2.33. The second-order valence-electron chi connectivity index (χ2n) is 8.27. The standard InChI is InChI=1S/C23H33N3O7/c1-7-11-26(21(30)17(14-27)25-22(31)33-23(3,4)5)19(16-10-8-9-15(2)12-16)20(29)24-13-18(28)32-6/h7-10,12,17,19,27H,1,11,13-14H2,2-6H3,(H,24,29)(H,25,31). The van der Waals surface area contributed by atoms with Crippen LogP contribution in [0.15, 0.2) is 36.9 Å². The summed E-state index contributed by atoms with van der Waals surface area (Å²) in [4.78, 5) is 51.3. The number of hydrogen-bond donors (Lipinski definition) is 3. The Morgan fingerprint density at radius 2 is 1.91 bits per heavy atom. The lowest BCUT2D eigenvalue weighted by Crippen LogP contribution is -2.54. The normalized spacial score (nSPS) is 12.7. The molecule has 0 saturated heterocycles. The van der Waals surface area contributed by atoms with Crippen molar-refractivity contribution in [3.05, 3.63) is 48.0 Å². The van der Waals surface area contributed by atoms with E-state index in [1.165, 1.54) is 13.2 Å². The van der Waals surface area contributed by atoms with Crippen LogP contribution in [0.4, 0.5) is 4.79 Å². The lowest BCUT2D eigenvalue weighted by atomic mass is 10.0. The van der Waals surface area contributed by atoms with Gasteiger partial charge in [-0.25, -0.2) is 4.79 Å². The lowest BCUT2D eigenvalue weighted by molar-refractivity contribution is -0.144. The minimum atomic E-state index is -1.37. The van der Waals surface area contributed by atoms with Gasteiger partial charge < -0.3 is 30.1 Å². The summed E-state index contributed by atoms with van der Waals surface area (Å²) in [6.45, 7) is 9.25. The van der Waals surface area contributed by atoms with E-state index < -0.39 is 54.7 Å². The summed E-state index contributed by atoms with van der Waals surface area (Å²) in [6.07, 6.45) is 0.520. The number of carbonyl (C=O) groups excluding carboxylic acids is 4. The van der Waals surface area contributed by atoms with Gasteiger partial charge in [0.1, 0.15) is 24.2 Å². The average molecular weight is 464 g/mol. The molecule has 3 N–H and O–H groups in total. The Balaban J connectivity index is 3.31. The number of alkyl carbamates (subject to hydrolysis) is 1. The fraction of sp³-hybridized carbons (Fsp3) is 0.478. The molecular weight excluding hydrogens is 430 g/mol. The molecule has 1 rings (SSSR count). The van der Waals surface area contributed by atoms with Crippen molar-refractivity contribution in [1.82, 2.24) is 15.5 Å². The Morgan fingerprint density at radius 1 is 1.24 bits per heavy atom. The van der Waals surface area contributed by atoms with Gasteiger partial charge in [-0.3, -0.25) is 14.4 Å². The number of rotatable bonds is 10. The van der Waals surface area contributed by atoms with Crippen LogP contribution in [0.2, 0.25) is 0 Å². The maximum atomic E-state index is 13.3. The van der Waals surface area contributed by atoms with Crippen LogP contribution in [0.3, 0.4) is 0 Å². The van der Waals surface area contributed by atoms with Crippen LogP contribution < -0.4 is 10.6 Å². The highest BCUT2D eigenvalue weighted by Crippen LogP contribution is 2.23. The molecule has 0 spiro atoms. The molecule has 3 amide bonds.